The Labute approximate surface area is 153 Å². The zero-order valence-electron chi connectivity index (χ0n) is 13.9. The van der Waals surface area contributed by atoms with Crippen molar-refractivity contribution in [2.24, 2.45) is 5.92 Å². The first kappa shape index (κ1) is 17.3. The molecule has 0 spiro atoms. The summed E-state index contributed by atoms with van der Waals surface area (Å²) >= 11 is 6.55. The van der Waals surface area contributed by atoms with Crippen LogP contribution in [0.5, 0.6) is 0 Å². The van der Waals surface area contributed by atoms with E-state index in [0.717, 1.165) is 25.3 Å². The van der Waals surface area contributed by atoms with Gasteiger partial charge in [-0.1, -0.05) is 11.6 Å². The number of fused-ring (bicyclic) bond motifs is 1. The molecule has 0 unspecified atom stereocenters. The monoisotopic (exact) mass is 380 g/mol. The molecule has 1 atom stereocenters. The quantitative estimate of drug-likeness (QED) is 0.852. The van der Waals surface area contributed by atoms with Crippen LogP contribution in [0.3, 0.4) is 0 Å². The molecule has 1 aromatic carbocycles. The number of carboxylic acid groups (broad SMARTS) is 1. The second kappa shape index (κ2) is 6.25. The number of halogens is 2. The van der Waals surface area contributed by atoms with Gasteiger partial charge in [-0.15, -0.1) is 0 Å². The van der Waals surface area contributed by atoms with E-state index >= 15 is 0 Å². The molecule has 2 fully saturated rings. The molecule has 0 amide bonds. The third kappa shape index (κ3) is 2.66. The van der Waals surface area contributed by atoms with Gasteiger partial charge in [-0.05, 0) is 25.3 Å². The Morgan fingerprint density at radius 3 is 2.65 bits per heavy atom. The summed E-state index contributed by atoms with van der Waals surface area (Å²) in [4.78, 5) is 25.7. The van der Waals surface area contributed by atoms with Crippen molar-refractivity contribution >= 4 is 34.2 Å². The molecular weight excluding hydrogens is 363 g/mol. The van der Waals surface area contributed by atoms with Crippen molar-refractivity contribution in [3.63, 3.8) is 0 Å². The Kier molecular flexibility index (Phi) is 4.16. The summed E-state index contributed by atoms with van der Waals surface area (Å²) in [6, 6.07) is 1.16. The standard InChI is InChI=1S/C18H18ClFN2O4/c19-14-15-11(5-13(20)16(14)21-4-3-9(6-21)8-23)17(24)12(18(25)26)7-22(15)10-1-2-10/h5,7,9-10,23H,1-4,6,8H2,(H,25,26)/t9-/m0/s1. The van der Waals surface area contributed by atoms with Crippen LogP contribution < -0.4 is 10.3 Å². The van der Waals surface area contributed by atoms with Crippen LogP contribution in [0.2, 0.25) is 5.02 Å². The summed E-state index contributed by atoms with van der Waals surface area (Å²) in [6.45, 7) is 1.08. The smallest absolute Gasteiger partial charge is 0.341 e. The molecule has 1 aromatic heterocycles. The van der Waals surface area contributed by atoms with Gasteiger partial charge in [0, 0.05) is 37.9 Å². The Bertz CT molecular complexity index is 970. The number of aromatic nitrogens is 1. The lowest BCUT2D eigenvalue weighted by molar-refractivity contribution is 0.0695. The fourth-order valence-corrected chi connectivity index (χ4v) is 4.11. The van der Waals surface area contributed by atoms with Gasteiger partial charge in [-0.2, -0.15) is 0 Å². The first-order valence-corrected chi connectivity index (χ1v) is 8.96. The number of aliphatic hydroxyl groups is 1. The van der Waals surface area contributed by atoms with E-state index in [1.165, 1.54) is 6.20 Å². The van der Waals surface area contributed by atoms with Crippen LogP contribution in [-0.4, -0.2) is 40.4 Å². The first-order chi connectivity index (χ1) is 12.4. The van der Waals surface area contributed by atoms with E-state index in [1.807, 2.05) is 0 Å². The highest BCUT2D eigenvalue weighted by Gasteiger charge is 2.32. The third-order valence-corrected chi connectivity index (χ3v) is 5.57. The largest absolute Gasteiger partial charge is 0.477 e. The second-order valence-corrected chi connectivity index (χ2v) is 7.39. The summed E-state index contributed by atoms with van der Waals surface area (Å²) in [5.41, 5.74) is -0.513. The van der Waals surface area contributed by atoms with Gasteiger partial charge in [0.2, 0.25) is 5.43 Å². The molecule has 4 rings (SSSR count). The predicted molar refractivity (Wildman–Crippen MR) is 95.8 cm³/mol. The first-order valence-electron chi connectivity index (χ1n) is 8.58. The number of aliphatic hydroxyl groups excluding tert-OH is 1. The van der Waals surface area contributed by atoms with Crippen LogP contribution in [0.1, 0.15) is 35.7 Å². The van der Waals surface area contributed by atoms with Crippen molar-refractivity contribution in [3.8, 4) is 0 Å². The van der Waals surface area contributed by atoms with Crippen molar-refractivity contribution in [1.82, 2.24) is 4.57 Å². The van der Waals surface area contributed by atoms with Crippen LogP contribution in [0.4, 0.5) is 10.1 Å². The average Bonchev–Trinajstić information content (AvgIpc) is 3.33. The zero-order chi connectivity index (χ0) is 18.6. The second-order valence-electron chi connectivity index (χ2n) is 7.02. The molecule has 0 bridgehead atoms. The molecule has 1 saturated carbocycles. The molecule has 1 aliphatic carbocycles. The molecule has 0 radical (unpaired) electrons. The van der Waals surface area contributed by atoms with Crippen molar-refractivity contribution in [2.75, 3.05) is 24.6 Å². The van der Waals surface area contributed by atoms with E-state index in [1.54, 1.807) is 9.47 Å². The summed E-state index contributed by atoms with van der Waals surface area (Å²) in [5, 5.41) is 18.7. The molecular formula is C18H18ClFN2O4. The van der Waals surface area contributed by atoms with Gasteiger partial charge in [0.15, 0.2) is 0 Å². The Hall–Kier alpha value is -2.12. The fraction of sp³-hybridized carbons (Fsp3) is 0.444. The van der Waals surface area contributed by atoms with Gasteiger partial charge in [0.05, 0.1) is 21.6 Å². The maximum Gasteiger partial charge on any atom is 0.341 e. The van der Waals surface area contributed by atoms with Gasteiger partial charge >= 0.3 is 5.97 Å². The minimum Gasteiger partial charge on any atom is -0.477 e. The summed E-state index contributed by atoms with van der Waals surface area (Å²) < 4.78 is 16.5. The van der Waals surface area contributed by atoms with Gasteiger partial charge in [-0.25, -0.2) is 9.18 Å². The van der Waals surface area contributed by atoms with Crippen molar-refractivity contribution in [3.05, 3.63) is 38.9 Å². The molecule has 2 aliphatic rings. The fourth-order valence-electron chi connectivity index (χ4n) is 3.70. The normalized spacial score (nSPS) is 20.1. The Morgan fingerprint density at radius 2 is 2.08 bits per heavy atom. The minimum atomic E-state index is -1.34. The number of pyridine rings is 1. The molecule has 1 saturated heterocycles. The summed E-state index contributed by atoms with van der Waals surface area (Å²) in [6.07, 6.45) is 3.77. The predicted octanol–water partition coefficient (Wildman–Crippen LogP) is 2.65. The average molecular weight is 381 g/mol. The number of hydrogen-bond donors (Lipinski definition) is 2. The third-order valence-electron chi connectivity index (χ3n) is 5.21. The van der Waals surface area contributed by atoms with Gasteiger partial charge in [0.1, 0.15) is 11.4 Å². The van der Waals surface area contributed by atoms with Crippen LogP contribution in [0.25, 0.3) is 10.9 Å². The highest BCUT2D eigenvalue weighted by Crippen LogP contribution is 2.42. The SMILES string of the molecule is O=C(O)c1cn(C2CC2)c2c(Cl)c(N3CC[C@H](CO)C3)c(F)cc2c1=O. The van der Waals surface area contributed by atoms with Crippen LogP contribution in [-0.2, 0) is 0 Å². The maximum atomic E-state index is 14.8. The number of anilines is 1. The number of carbonyl (C=O) groups is 1. The van der Waals surface area contributed by atoms with Crippen LogP contribution in [0, 0.1) is 11.7 Å². The van der Waals surface area contributed by atoms with Crippen LogP contribution in [0.15, 0.2) is 17.1 Å². The molecule has 138 valence electrons. The zero-order valence-corrected chi connectivity index (χ0v) is 14.7. The number of rotatable bonds is 4. The van der Waals surface area contributed by atoms with Crippen LogP contribution >= 0.6 is 11.6 Å². The maximum absolute atomic E-state index is 14.8. The van der Waals surface area contributed by atoms with Gasteiger partial charge in [0.25, 0.3) is 0 Å². The molecule has 2 heterocycles. The molecule has 6 nitrogen and oxygen atoms in total. The lowest BCUT2D eigenvalue weighted by Gasteiger charge is -2.23. The number of benzene rings is 1. The number of aromatic carboxylic acids is 1. The molecule has 26 heavy (non-hydrogen) atoms. The van der Waals surface area contributed by atoms with E-state index in [9.17, 15) is 24.2 Å². The van der Waals surface area contributed by atoms with E-state index < -0.39 is 17.2 Å². The molecule has 2 N–H and O–H groups in total. The summed E-state index contributed by atoms with van der Waals surface area (Å²) in [5.74, 6) is -1.93. The highest BCUT2D eigenvalue weighted by atomic mass is 35.5. The number of carboxylic acids is 1. The van der Waals surface area contributed by atoms with Gasteiger partial charge < -0.3 is 19.7 Å². The Balaban J connectivity index is 1.97. The lowest BCUT2D eigenvalue weighted by atomic mass is 10.1. The van der Waals surface area contributed by atoms with E-state index in [4.69, 9.17) is 11.6 Å². The van der Waals surface area contributed by atoms with Crippen molar-refractivity contribution < 1.29 is 19.4 Å². The van der Waals surface area contributed by atoms with E-state index in [0.29, 0.717) is 18.6 Å². The number of hydrogen-bond acceptors (Lipinski definition) is 4. The summed E-state index contributed by atoms with van der Waals surface area (Å²) in [7, 11) is 0. The topological polar surface area (TPSA) is 82.8 Å². The highest BCUT2D eigenvalue weighted by molar-refractivity contribution is 6.38. The van der Waals surface area contributed by atoms with Crippen molar-refractivity contribution in [1.29, 1.82) is 0 Å². The number of nitrogens with zero attached hydrogens (tertiary/aromatic N) is 2. The van der Waals surface area contributed by atoms with E-state index in [2.05, 4.69) is 0 Å². The Morgan fingerprint density at radius 1 is 1.35 bits per heavy atom. The molecule has 1 aliphatic heterocycles. The molecule has 8 heteroatoms. The minimum absolute atomic E-state index is 0.0130. The molecule has 2 aromatic rings. The lowest BCUT2D eigenvalue weighted by Crippen LogP contribution is -2.24. The van der Waals surface area contributed by atoms with Crippen molar-refractivity contribution in [2.45, 2.75) is 25.3 Å². The van der Waals surface area contributed by atoms with E-state index in [-0.39, 0.29) is 40.2 Å². The van der Waals surface area contributed by atoms with Gasteiger partial charge in [-0.3, -0.25) is 4.79 Å².